The number of hydrogen-bond donors (Lipinski definition) is 2. The number of imidazole rings is 1. The van der Waals surface area contributed by atoms with Gasteiger partial charge in [-0.1, -0.05) is 18.2 Å². The van der Waals surface area contributed by atoms with Gasteiger partial charge in [-0.25, -0.2) is 14.6 Å². The van der Waals surface area contributed by atoms with E-state index in [0.717, 1.165) is 0 Å². The molecule has 1 heterocycles. The summed E-state index contributed by atoms with van der Waals surface area (Å²) in [5.41, 5.74) is 0.707. The third kappa shape index (κ3) is 4.62. The quantitative estimate of drug-likeness (QED) is 0.792. The molecule has 7 nitrogen and oxygen atoms in total. The topological polar surface area (TPSA) is 93.3 Å². The summed E-state index contributed by atoms with van der Waals surface area (Å²) in [5.74, 6) is -0.133. The molecule has 116 valence electrons. The number of aromatic nitrogens is 2. The number of esters is 1. The third-order valence-electron chi connectivity index (χ3n) is 2.80. The maximum Gasteiger partial charge on any atom is 0.413 e. The van der Waals surface area contributed by atoms with Gasteiger partial charge in [-0.3, -0.25) is 0 Å². The highest BCUT2D eigenvalue weighted by atomic mass is 16.6. The van der Waals surface area contributed by atoms with Crippen LogP contribution in [0.15, 0.2) is 42.9 Å². The Bertz CT molecular complexity index is 599. The smallest absolute Gasteiger partial charge is 0.413 e. The molecule has 0 saturated heterocycles. The summed E-state index contributed by atoms with van der Waals surface area (Å²) in [6.07, 6.45) is 2.60. The molecule has 0 spiro atoms. The minimum absolute atomic E-state index is 0.230. The van der Waals surface area contributed by atoms with Crippen LogP contribution in [0.4, 0.5) is 4.79 Å². The lowest BCUT2D eigenvalue weighted by atomic mass is 10.1. The van der Waals surface area contributed by atoms with Crippen LogP contribution < -0.4 is 10.1 Å². The first-order valence-corrected chi connectivity index (χ1v) is 6.86. The van der Waals surface area contributed by atoms with Crippen molar-refractivity contribution in [1.29, 1.82) is 0 Å². The fraction of sp³-hybridized carbons (Fsp3) is 0.267. The number of carbonyl (C=O) groups excluding carboxylic acids is 2. The first-order valence-electron chi connectivity index (χ1n) is 6.86. The van der Waals surface area contributed by atoms with Crippen LogP contribution in [-0.4, -0.2) is 34.7 Å². The van der Waals surface area contributed by atoms with Crippen LogP contribution in [0.5, 0.6) is 5.75 Å². The summed E-state index contributed by atoms with van der Waals surface area (Å²) in [7, 11) is 0. The monoisotopic (exact) mass is 303 g/mol. The molecule has 2 rings (SSSR count). The highest BCUT2D eigenvalue weighted by Crippen LogP contribution is 2.09. The lowest BCUT2D eigenvalue weighted by Gasteiger charge is -2.16. The standard InChI is InChI=1S/C15H17N3O4/c1-2-21-14(19)13(8-11-9-16-10-17-11)18-15(20)22-12-6-4-3-5-7-12/h3-7,9-10,13H,2,8H2,1H3,(H,16,17)(H,18,20)/t13-/m0/s1. The molecular formula is C15H17N3O4. The van der Waals surface area contributed by atoms with Gasteiger partial charge in [0.1, 0.15) is 11.8 Å². The fourth-order valence-corrected chi connectivity index (χ4v) is 1.82. The molecule has 2 N–H and O–H groups in total. The molecule has 0 aliphatic heterocycles. The van der Waals surface area contributed by atoms with E-state index in [1.54, 1.807) is 37.4 Å². The summed E-state index contributed by atoms with van der Waals surface area (Å²) < 4.78 is 10.1. The lowest BCUT2D eigenvalue weighted by Crippen LogP contribution is -2.44. The number of carbonyl (C=O) groups is 2. The number of benzene rings is 1. The molecule has 0 radical (unpaired) electrons. The van der Waals surface area contributed by atoms with Crippen molar-refractivity contribution in [3.05, 3.63) is 48.5 Å². The van der Waals surface area contributed by atoms with Crippen molar-refractivity contribution in [1.82, 2.24) is 15.3 Å². The largest absolute Gasteiger partial charge is 0.464 e. The van der Waals surface area contributed by atoms with Crippen LogP contribution in [-0.2, 0) is 16.0 Å². The van der Waals surface area contributed by atoms with Gasteiger partial charge in [0.05, 0.1) is 12.9 Å². The number of ether oxygens (including phenoxy) is 2. The lowest BCUT2D eigenvalue weighted by molar-refractivity contribution is -0.145. The summed E-state index contributed by atoms with van der Waals surface area (Å²) in [5, 5.41) is 2.50. The van der Waals surface area contributed by atoms with Crippen LogP contribution in [0.2, 0.25) is 0 Å². The molecule has 1 atom stereocenters. The normalized spacial score (nSPS) is 11.5. The third-order valence-corrected chi connectivity index (χ3v) is 2.80. The molecule has 0 saturated carbocycles. The van der Waals surface area contributed by atoms with E-state index >= 15 is 0 Å². The van der Waals surface area contributed by atoms with E-state index in [0.29, 0.717) is 11.4 Å². The first-order chi connectivity index (χ1) is 10.7. The number of nitrogens with one attached hydrogen (secondary N) is 2. The number of aromatic amines is 1. The van der Waals surface area contributed by atoms with Crippen LogP contribution >= 0.6 is 0 Å². The van der Waals surface area contributed by atoms with E-state index in [-0.39, 0.29) is 13.0 Å². The van der Waals surface area contributed by atoms with E-state index in [9.17, 15) is 9.59 Å². The maximum absolute atomic E-state index is 11.9. The molecular weight excluding hydrogens is 286 g/mol. The molecule has 7 heteroatoms. The number of rotatable bonds is 6. The van der Waals surface area contributed by atoms with Crippen LogP contribution in [0.3, 0.4) is 0 Å². The summed E-state index contributed by atoms with van der Waals surface area (Å²) in [4.78, 5) is 30.6. The van der Waals surface area contributed by atoms with E-state index in [2.05, 4.69) is 15.3 Å². The number of para-hydroxylation sites is 1. The fourth-order valence-electron chi connectivity index (χ4n) is 1.82. The Morgan fingerprint density at radius 2 is 2.09 bits per heavy atom. The van der Waals surface area contributed by atoms with Gasteiger partial charge in [0.2, 0.25) is 0 Å². The van der Waals surface area contributed by atoms with Gasteiger partial charge < -0.3 is 19.8 Å². The molecule has 0 unspecified atom stereocenters. The summed E-state index contributed by atoms with van der Waals surface area (Å²) in [6.45, 7) is 1.93. The van der Waals surface area contributed by atoms with Crippen molar-refractivity contribution >= 4 is 12.1 Å². The van der Waals surface area contributed by atoms with Crippen molar-refractivity contribution in [2.45, 2.75) is 19.4 Å². The second kappa shape index (κ2) is 7.82. The van der Waals surface area contributed by atoms with Crippen molar-refractivity contribution < 1.29 is 19.1 Å². The molecule has 0 aliphatic rings. The maximum atomic E-state index is 11.9. The van der Waals surface area contributed by atoms with E-state index in [4.69, 9.17) is 9.47 Å². The zero-order valence-corrected chi connectivity index (χ0v) is 12.1. The molecule has 0 bridgehead atoms. The van der Waals surface area contributed by atoms with E-state index in [1.165, 1.54) is 6.33 Å². The van der Waals surface area contributed by atoms with Gasteiger partial charge in [0.25, 0.3) is 0 Å². The van der Waals surface area contributed by atoms with E-state index in [1.807, 2.05) is 6.07 Å². The predicted octanol–water partition coefficient (Wildman–Crippen LogP) is 1.67. The minimum atomic E-state index is -0.850. The van der Waals surface area contributed by atoms with Gasteiger partial charge in [0, 0.05) is 18.3 Å². The second-order valence-electron chi connectivity index (χ2n) is 4.43. The van der Waals surface area contributed by atoms with Gasteiger partial charge in [-0.2, -0.15) is 0 Å². The Labute approximate surface area is 127 Å². The highest BCUT2D eigenvalue weighted by molar-refractivity contribution is 5.82. The Kier molecular flexibility index (Phi) is 5.53. The number of amides is 1. The van der Waals surface area contributed by atoms with Crippen molar-refractivity contribution in [3.63, 3.8) is 0 Å². The molecule has 1 amide bonds. The van der Waals surface area contributed by atoms with Crippen LogP contribution in [0.1, 0.15) is 12.6 Å². The molecule has 0 aliphatic carbocycles. The number of nitrogens with zero attached hydrogens (tertiary/aromatic N) is 1. The van der Waals surface area contributed by atoms with Gasteiger partial charge in [0.15, 0.2) is 0 Å². The zero-order chi connectivity index (χ0) is 15.8. The average molecular weight is 303 g/mol. The second-order valence-corrected chi connectivity index (χ2v) is 4.43. The van der Waals surface area contributed by atoms with Crippen molar-refractivity contribution in [3.8, 4) is 5.75 Å². The van der Waals surface area contributed by atoms with Crippen molar-refractivity contribution in [2.75, 3.05) is 6.61 Å². The van der Waals surface area contributed by atoms with Crippen molar-refractivity contribution in [2.24, 2.45) is 0 Å². The predicted molar refractivity (Wildman–Crippen MR) is 78.3 cm³/mol. The first kappa shape index (κ1) is 15.6. The number of H-pyrrole nitrogens is 1. The van der Waals surface area contributed by atoms with Crippen LogP contribution in [0, 0.1) is 0 Å². The van der Waals surface area contributed by atoms with Gasteiger partial charge >= 0.3 is 12.1 Å². The Hall–Kier alpha value is -2.83. The Morgan fingerprint density at radius 3 is 2.73 bits per heavy atom. The van der Waals surface area contributed by atoms with Gasteiger partial charge in [-0.05, 0) is 19.1 Å². The number of hydrogen-bond acceptors (Lipinski definition) is 5. The van der Waals surface area contributed by atoms with E-state index < -0.39 is 18.1 Å². The molecule has 2 aromatic rings. The summed E-state index contributed by atoms with van der Waals surface area (Å²) in [6, 6.07) is 7.75. The molecule has 1 aromatic heterocycles. The van der Waals surface area contributed by atoms with Crippen LogP contribution in [0.25, 0.3) is 0 Å². The van der Waals surface area contributed by atoms with Gasteiger partial charge in [-0.15, -0.1) is 0 Å². The Balaban J connectivity index is 1.98. The summed E-state index contributed by atoms with van der Waals surface area (Å²) >= 11 is 0. The SMILES string of the molecule is CCOC(=O)[C@H](Cc1cnc[nH]1)NC(=O)Oc1ccccc1. The average Bonchev–Trinajstić information content (AvgIpc) is 3.01. The molecule has 22 heavy (non-hydrogen) atoms. The minimum Gasteiger partial charge on any atom is -0.464 e. The zero-order valence-electron chi connectivity index (χ0n) is 12.1. The Morgan fingerprint density at radius 1 is 1.32 bits per heavy atom. The highest BCUT2D eigenvalue weighted by Gasteiger charge is 2.24. The molecule has 0 fully saturated rings. The molecule has 1 aromatic carbocycles.